The molecule has 0 unspecified atom stereocenters. The van der Waals surface area contributed by atoms with Crippen LogP contribution in [0.25, 0.3) is 11.0 Å². The van der Waals surface area contributed by atoms with Gasteiger partial charge in [0.05, 0.1) is 6.54 Å². The predicted molar refractivity (Wildman–Crippen MR) is 82.5 cm³/mol. The van der Waals surface area contributed by atoms with Crippen molar-refractivity contribution in [2.75, 3.05) is 11.5 Å². The van der Waals surface area contributed by atoms with Crippen LogP contribution in [0.15, 0.2) is 40.3 Å². The van der Waals surface area contributed by atoms with Crippen molar-refractivity contribution in [2.45, 2.75) is 18.2 Å². The molecule has 1 aromatic carbocycles. The molecule has 1 aliphatic heterocycles. The summed E-state index contributed by atoms with van der Waals surface area (Å²) in [6, 6.07) is 9.94. The van der Waals surface area contributed by atoms with Gasteiger partial charge in [0.15, 0.2) is 16.6 Å². The Morgan fingerprint density at radius 3 is 2.90 bits per heavy atom. The normalized spacial score (nSPS) is 13.7. The van der Waals surface area contributed by atoms with Crippen molar-refractivity contribution >= 4 is 28.6 Å². The van der Waals surface area contributed by atoms with E-state index in [0.717, 1.165) is 16.5 Å². The van der Waals surface area contributed by atoms with Crippen LogP contribution in [-0.4, -0.2) is 25.1 Å². The lowest BCUT2D eigenvalue weighted by Crippen LogP contribution is -2.21. The minimum atomic E-state index is -0.0863. The van der Waals surface area contributed by atoms with Gasteiger partial charge in [0.1, 0.15) is 5.39 Å². The first-order valence-corrected chi connectivity index (χ1v) is 7.66. The standard InChI is InChI=1S/C14H13N5OS/c15-11-10-12(16-14-18(13(10)20)6-7-21-14)19(17-11)8-9-4-2-1-3-5-9/h1-5H,6-8H2,(H2,15,17). The second-order valence-corrected chi connectivity index (χ2v) is 5.99. The number of hydrogen-bond donors (Lipinski definition) is 1. The lowest BCUT2D eigenvalue weighted by molar-refractivity contribution is 0.653. The van der Waals surface area contributed by atoms with Crippen molar-refractivity contribution in [3.8, 4) is 0 Å². The second kappa shape index (κ2) is 4.63. The maximum absolute atomic E-state index is 12.5. The molecular formula is C14H13N5OS. The molecule has 2 aromatic heterocycles. The average Bonchev–Trinajstić information content (AvgIpc) is 3.06. The highest BCUT2D eigenvalue weighted by atomic mass is 32.2. The quantitative estimate of drug-likeness (QED) is 0.722. The van der Waals surface area contributed by atoms with Crippen LogP contribution < -0.4 is 11.3 Å². The molecule has 3 heterocycles. The zero-order valence-corrected chi connectivity index (χ0v) is 12.0. The van der Waals surface area contributed by atoms with Gasteiger partial charge >= 0.3 is 0 Å². The minimum absolute atomic E-state index is 0.0863. The van der Waals surface area contributed by atoms with E-state index in [2.05, 4.69) is 10.1 Å². The van der Waals surface area contributed by atoms with E-state index in [4.69, 9.17) is 5.73 Å². The largest absolute Gasteiger partial charge is 0.381 e. The fourth-order valence-corrected chi connectivity index (χ4v) is 3.50. The topological polar surface area (TPSA) is 78.7 Å². The second-order valence-electron chi connectivity index (χ2n) is 4.93. The van der Waals surface area contributed by atoms with Crippen LogP contribution >= 0.6 is 11.8 Å². The van der Waals surface area contributed by atoms with Gasteiger partial charge < -0.3 is 5.73 Å². The van der Waals surface area contributed by atoms with Gasteiger partial charge in [0.25, 0.3) is 5.56 Å². The monoisotopic (exact) mass is 299 g/mol. The van der Waals surface area contributed by atoms with Crippen LogP contribution in [0.5, 0.6) is 0 Å². The smallest absolute Gasteiger partial charge is 0.267 e. The Kier molecular flexibility index (Phi) is 2.75. The van der Waals surface area contributed by atoms with Crippen molar-refractivity contribution in [1.82, 2.24) is 19.3 Å². The number of hydrogen-bond acceptors (Lipinski definition) is 5. The first-order valence-electron chi connectivity index (χ1n) is 6.67. The van der Waals surface area contributed by atoms with Crippen molar-refractivity contribution in [3.63, 3.8) is 0 Å². The number of nitrogens with zero attached hydrogens (tertiary/aromatic N) is 4. The van der Waals surface area contributed by atoms with E-state index in [0.29, 0.717) is 24.1 Å². The van der Waals surface area contributed by atoms with Gasteiger partial charge in [0, 0.05) is 12.3 Å². The van der Waals surface area contributed by atoms with Gasteiger partial charge in [0.2, 0.25) is 0 Å². The molecule has 106 valence electrons. The molecule has 3 aromatic rings. The fourth-order valence-electron chi connectivity index (χ4n) is 2.56. The van der Waals surface area contributed by atoms with Crippen LogP contribution in [0, 0.1) is 0 Å². The molecule has 0 saturated heterocycles. The predicted octanol–water partition coefficient (Wildman–Crippen LogP) is 1.33. The third-order valence-electron chi connectivity index (χ3n) is 3.57. The molecular weight excluding hydrogens is 286 g/mol. The maximum atomic E-state index is 12.5. The minimum Gasteiger partial charge on any atom is -0.381 e. The summed E-state index contributed by atoms with van der Waals surface area (Å²) in [5.41, 5.74) is 7.51. The Morgan fingerprint density at radius 2 is 2.10 bits per heavy atom. The molecule has 6 nitrogen and oxygen atoms in total. The van der Waals surface area contributed by atoms with E-state index in [1.165, 1.54) is 0 Å². The molecule has 0 saturated carbocycles. The van der Waals surface area contributed by atoms with Gasteiger partial charge in [-0.3, -0.25) is 9.36 Å². The highest BCUT2D eigenvalue weighted by Gasteiger charge is 2.21. The van der Waals surface area contributed by atoms with Crippen LogP contribution in [0.3, 0.4) is 0 Å². The van der Waals surface area contributed by atoms with Gasteiger partial charge in [-0.05, 0) is 5.56 Å². The summed E-state index contributed by atoms with van der Waals surface area (Å²) in [7, 11) is 0. The van der Waals surface area contributed by atoms with Gasteiger partial charge in [-0.25, -0.2) is 9.67 Å². The number of anilines is 1. The number of nitrogens with two attached hydrogens (primary N) is 1. The molecule has 7 heteroatoms. The van der Waals surface area contributed by atoms with E-state index >= 15 is 0 Å². The molecule has 0 aliphatic carbocycles. The molecule has 1 aliphatic rings. The Labute approximate surface area is 124 Å². The molecule has 21 heavy (non-hydrogen) atoms. The Bertz CT molecular complexity index is 884. The SMILES string of the molecule is Nc1nn(Cc2ccccc2)c2nc3n(c(=O)c12)CCS3. The molecule has 0 atom stereocenters. The van der Waals surface area contributed by atoms with Gasteiger partial charge in [-0.2, -0.15) is 5.10 Å². The summed E-state index contributed by atoms with van der Waals surface area (Å²) in [6.07, 6.45) is 0. The number of nitrogen functional groups attached to an aromatic ring is 1. The fraction of sp³-hybridized carbons (Fsp3) is 0.214. The molecule has 0 amide bonds. The molecule has 4 rings (SSSR count). The van der Waals surface area contributed by atoms with Crippen molar-refractivity contribution in [1.29, 1.82) is 0 Å². The molecule has 0 fully saturated rings. The first kappa shape index (κ1) is 12.5. The van der Waals surface area contributed by atoms with Gasteiger partial charge in [-0.15, -0.1) is 0 Å². The van der Waals surface area contributed by atoms with E-state index in [1.807, 2.05) is 30.3 Å². The number of aromatic nitrogens is 4. The molecule has 0 radical (unpaired) electrons. The van der Waals surface area contributed by atoms with Crippen LogP contribution in [-0.2, 0) is 13.1 Å². The van der Waals surface area contributed by atoms with E-state index in [1.54, 1.807) is 21.0 Å². The Morgan fingerprint density at radius 1 is 1.29 bits per heavy atom. The highest BCUT2D eigenvalue weighted by Crippen LogP contribution is 2.25. The first-order chi connectivity index (χ1) is 10.2. The number of rotatable bonds is 2. The maximum Gasteiger partial charge on any atom is 0.267 e. The lowest BCUT2D eigenvalue weighted by Gasteiger charge is -2.04. The van der Waals surface area contributed by atoms with Crippen LogP contribution in [0.4, 0.5) is 5.82 Å². The zero-order chi connectivity index (χ0) is 14.4. The summed E-state index contributed by atoms with van der Waals surface area (Å²) in [4.78, 5) is 17.1. The van der Waals surface area contributed by atoms with Crippen LogP contribution in [0.1, 0.15) is 5.56 Å². The number of fused-ring (bicyclic) bond motifs is 2. The third kappa shape index (κ3) is 1.92. The Balaban J connectivity index is 1.91. The molecule has 0 bridgehead atoms. The van der Waals surface area contributed by atoms with E-state index in [-0.39, 0.29) is 11.4 Å². The van der Waals surface area contributed by atoms with Crippen molar-refractivity contribution in [3.05, 3.63) is 46.2 Å². The average molecular weight is 299 g/mol. The number of benzene rings is 1. The Hall–Kier alpha value is -2.28. The van der Waals surface area contributed by atoms with Gasteiger partial charge in [-0.1, -0.05) is 42.1 Å². The summed E-state index contributed by atoms with van der Waals surface area (Å²) in [6.45, 7) is 1.24. The van der Waals surface area contributed by atoms with E-state index in [9.17, 15) is 4.79 Å². The van der Waals surface area contributed by atoms with Crippen LogP contribution in [0.2, 0.25) is 0 Å². The van der Waals surface area contributed by atoms with Crippen molar-refractivity contribution < 1.29 is 0 Å². The highest BCUT2D eigenvalue weighted by molar-refractivity contribution is 7.99. The third-order valence-corrected chi connectivity index (χ3v) is 4.52. The van der Waals surface area contributed by atoms with Crippen molar-refractivity contribution in [2.24, 2.45) is 0 Å². The molecule has 0 spiro atoms. The van der Waals surface area contributed by atoms with E-state index < -0.39 is 0 Å². The summed E-state index contributed by atoms with van der Waals surface area (Å²) < 4.78 is 3.39. The number of thioether (sulfide) groups is 1. The zero-order valence-electron chi connectivity index (χ0n) is 11.2. The summed E-state index contributed by atoms with van der Waals surface area (Å²) in [5.74, 6) is 1.13. The summed E-state index contributed by atoms with van der Waals surface area (Å²) >= 11 is 1.59. The molecule has 2 N–H and O–H groups in total. The summed E-state index contributed by atoms with van der Waals surface area (Å²) in [5, 5.41) is 5.48. The lowest BCUT2D eigenvalue weighted by atomic mass is 10.2.